The van der Waals surface area contributed by atoms with Crippen LogP contribution < -0.4 is 5.73 Å². The minimum absolute atomic E-state index is 0.0233. The maximum atomic E-state index is 14.7. The van der Waals surface area contributed by atoms with Gasteiger partial charge in [-0.1, -0.05) is 30.7 Å². The number of nitrogens with two attached hydrogens (primary N) is 1. The second-order valence-corrected chi connectivity index (χ2v) is 10.3. The first-order valence-corrected chi connectivity index (χ1v) is 13.0. The highest BCUT2D eigenvalue weighted by atomic mass is 19.4. The third-order valence-corrected chi connectivity index (χ3v) is 7.92. The number of phenols is 1. The molecule has 0 amide bonds. The second kappa shape index (κ2) is 11.5. The van der Waals surface area contributed by atoms with Crippen molar-refractivity contribution in [2.24, 2.45) is 17.6 Å². The van der Waals surface area contributed by atoms with Crippen molar-refractivity contribution in [3.8, 4) is 5.75 Å². The molecule has 2 heterocycles. The molecular formula is C28H35F4N3O2. The molecule has 2 aromatic carbocycles. The summed E-state index contributed by atoms with van der Waals surface area (Å²) in [6, 6.07) is 9.27. The van der Waals surface area contributed by atoms with E-state index in [0.717, 1.165) is 12.8 Å². The van der Waals surface area contributed by atoms with Gasteiger partial charge < -0.3 is 10.8 Å². The Morgan fingerprint density at radius 1 is 1.14 bits per heavy atom. The van der Waals surface area contributed by atoms with Gasteiger partial charge in [0.05, 0.1) is 0 Å². The molecule has 2 saturated heterocycles. The van der Waals surface area contributed by atoms with Crippen LogP contribution in [0.15, 0.2) is 42.5 Å². The van der Waals surface area contributed by atoms with E-state index in [2.05, 4.69) is 0 Å². The van der Waals surface area contributed by atoms with E-state index in [0.29, 0.717) is 42.6 Å². The smallest absolute Gasteiger partial charge is 0.405 e. The summed E-state index contributed by atoms with van der Waals surface area (Å²) in [5, 5.41) is 13.1. The van der Waals surface area contributed by atoms with Gasteiger partial charge in [0.1, 0.15) is 17.6 Å². The monoisotopic (exact) mass is 521 g/mol. The third kappa shape index (κ3) is 5.99. The van der Waals surface area contributed by atoms with Gasteiger partial charge in [-0.15, -0.1) is 0 Å². The van der Waals surface area contributed by atoms with E-state index >= 15 is 0 Å². The van der Waals surface area contributed by atoms with E-state index in [4.69, 9.17) is 5.73 Å². The average Bonchev–Trinajstić information content (AvgIpc) is 3.36. The minimum atomic E-state index is -4.37. The summed E-state index contributed by atoms with van der Waals surface area (Å²) < 4.78 is 56.4. The number of ketones is 1. The van der Waals surface area contributed by atoms with Gasteiger partial charge in [-0.3, -0.25) is 4.79 Å². The van der Waals surface area contributed by atoms with Crippen molar-refractivity contribution in [3.05, 3.63) is 65.0 Å². The number of piperidine rings is 1. The van der Waals surface area contributed by atoms with Crippen molar-refractivity contribution in [1.29, 1.82) is 0 Å². The zero-order chi connectivity index (χ0) is 26.7. The third-order valence-electron chi connectivity index (χ3n) is 7.92. The number of carbonyl (C=O) groups is 1. The van der Waals surface area contributed by atoms with Crippen LogP contribution in [0.3, 0.4) is 0 Å². The van der Waals surface area contributed by atoms with Crippen molar-refractivity contribution in [3.63, 3.8) is 0 Å². The summed E-state index contributed by atoms with van der Waals surface area (Å²) in [5.74, 6) is -1.98. The molecule has 0 spiro atoms. The summed E-state index contributed by atoms with van der Waals surface area (Å²) in [6.45, 7) is 2.89. The Balaban J connectivity index is 1.78. The average molecular weight is 522 g/mol. The summed E-state index contributed by atoms with van der Waals surface area (Å²) in [6.07, 6.45) is -1.75. The quantitative estimate of drug-likeness (QED) is 0.276. The Bertz CT molecular complexity index is 1090. The molecule has 5 nitrogen and oxygen atoms in total. The Morgan fingerprint density at radius 2 is 1.89 bits per heavy atom. The molecule has 2 fully saturated rings. The van der Waals surface area contributed by atoms with Crippen LogP contribution in [0.25, 0.3) is 0 Å². The van der Waals surface area contributed by atoms with Crippen LogP contribution in [-0.4, -0.2) is 59.3 Å². The first-order chi connectivity index (χ1) is 17.6. The van der Waals surface area contributed by atoms with Gasteiger partial charge in [-0.25, -0.2) is 14.4 Å². The van der Waals surface area contributed by atoms with E-state index in [-0.39, 0.29) is 48.7 Å². The molecular weight excluding hydrogens is 486 g/mol. The maximum absolute atomic E-state index is 14.7. The predicted molar refractivity (Wildman–Crippen MR) is 134 cm³/mol. The van der Waals surface area contributed by atoms with Gasteiger partial charge in [0.2, 0.25) is 0 Å². The Morgan fingerprint density at radius 3 is 2.59 bits per heavy atom. The lowest BCUT2D eigenvalue weighted by Crippen LogP contribution is -2.58. The summed E-state index contributed by atoms with van der Waals surface area (Å²) in [7, 11) is 0. The molecule has 4 atom stereocenters. The zero-order valence-corrected chi connectivity index (χ0v) is 21.1. The second-order valence-electron chi connectivity index (χ2n) is 10.3. The SMILES string of the molecule is Cc1c(F)cccc1[C@@H]1C(CCCCN)CN(N2CCC[C@H]2C(F)(F)F)C[C@@H]1C(=O)c1cccc(O)c1. The molecule has 2 aliphatic heterocycles. The topological polar surface area (TPSA) is 69.8 Å². The van der Waals surface area contributed by atoms with Crippen LogP contribution in [0.5, 0.6) is 5.75 Å². The maximum Gasteiger partial charge on any atom is 0.405 e. The largest absolute Gasteiger partial charge is 0.508 e. The van der Waals surface area contributed by atoms with Crippen LogP contribution in [-0.2, 0) is 0 Å². The number of aromatic hydroxyl groups is 1. The fourth-order valence-corrected chi connectivity index (χ4v) is 6.16. The highest BCUT2D eigenvalue weighted by Gasteiger charge is 2.51. The van der Waals surface area contributed by atoms with Crippen LogP contribution in [0, 0.1) is 24.6 Å². The molecule has 37 heavy (non-hydrogen) atoms. The number of nitrogens with zero attached hydrogens (tertiary/aromatic N) is 2. The van der Waals surface area contributed by atoms with E-state index in [1.165, 1.54) is 23.2 Å². The molecule has 2 aliphatic rings. The lowest BCUT2D eigenvalue weighted by atomic mass is 9.68. The molecule has 0 aliphatic carbocycles. The zero-order valence-electron chi connectivity index (χ0n) is 21.1. The molecule has 2 aromatic rings. The van der Waals surface area contributed by atoms with Crippen LogP contribution in [0.4, 0.5) is 17.6 Å². The number of unbranched alkanes of at least 4 members (excludes halogenated alkanes) is 1. The number of alkyl halides is 3. The predicted octanol–water partition coefficient (Wildman–Crippen LogP) is 5.42. The summed E-state index contributed by atoms with van der Waals surface area (Å²) in [5.41, 5.74) is 7.18. The van der Waals surface area contributed by atoms with E-state index < -0.39 is 18.1 Å². The van der Waals surface area contributed by atoms with Crippen LogP contribution >= 0.6 is 0 Å². The van der Waals surface area contributed by atoms with Gasteiger partial charge in [0, 0.05) is 31.1 Å². The Hall–Kier alpha value is -2.49. The van der Waals surface area contributed by atoms with Crippen LogP contribution in [0.2, 0.25) is 0 Å². The number of benzene rings is 2. The van der Waals surface area contributed by atoms with Gasteiger partial charge >= 0.3 is 6.18 Å². The molecule has 4 rings (SSSR count). The van der Waals surface area contributed by atoms with Crippen molar-refractivity contribution in [2.45, 2.75) is 57.2 Å². The van der Waals surface area contributed by atoms with Crippen molar-refractivity contribution >= 4 is 5.78 Å². The van der Waals surface area contributed by atoms with E-state index in [1.54, 1.807) is 30.1 Å². The molecule has 0 aromatic heterocycles. The number of halogens is 4. The summed E-state index contributed by atoms with van der Waals surface area (Å²) in [4.78, 5) is 14.0. The molecule has 3 N–H and O–H groups in total. The normalized spacial score (nSPS) is 25.5. The van der Waals surface area contributed by atoms with Gasteiger partial charge in [-0.05, 0) is 80.3 Å². The molecule has 1 unspecified atom stereocenters. The fourth-order valence-electron chi connectivity index (χ4n) is 6.16. The van der Waals surface area contributed by atoms with E-state index in [9.17, 15) is 27.5 Å². The van der Waals surface area contributed by atoms with Crippen LogP contribution in [0.1, 0.15) is 59.5 Å². The Labute approximate surface area is 215 Å². The lowest BCUT2D eigenvalue weighted by molar-refractivity contribution is -0.218. The summed E-state index contributed by atoms with van der Waals surface area (Å²) >= 11 is 0. The number of hydrogen-bond acceptors (Lipinski definition) is 5. The first kappa shape index (κ1) is 27.5. The lowest BCUT2D eigenvalue weighted by Gasteiger charge is -2.48. The standard InChI is InChI=1S/C28H35F4N3O2/c1-18-22(10-5-11-24(18)29)26-20(7-2-3-13-33)16-34(35-14-6-12-25(35)28(30,31)32)17-23(26)27(37)19-8-4-9-21(36)15-19/h4-5,8-11,15,20,23,25-26,36H,2-3,6-7,12-14,16-17,33H2,1H3/t20?,23-,25-,26-/m0/s1. The van der Waals surface area contributed by atoms with Crippen molar-refractivity contribution in [2.75, 3.05) is 26.2 Å². The van der Waals surface area contributed by atoms with Crippen molar-refractivity contribution in [1.82, 2.24) is 10.0 Å². The number of rotatable bonds is 8. The highest BCUT2D eigenvalue weighted by molar-refractivity contribution is 5.99. The highest BCUT2D eigenvalue weighted by Crippen LogP contribution is 2.45. The first-order valence-electron chi connectivity index (χ1n) is 13.0. The fraction of sp³-hybridized carbons (Fsp3) is 0.536. The number of hydrogen-bond donors (Lipinski definition) is 2. The van der Waals surface area contributed by atoms with E-state index in [1.807, 2.05) is 6.07 Å². The van der Waals surface area contributed by atoms with Gasteiger partial charge in [0.25, 0.3) is 0 Å². The van der Waals surface area contributed by atoms with Gasteiger partial charge in [0.15, 0.2) is 5.78 Å². The molecule has 0 bridgehead atoms. The minimum Gasteiger partial charge on any atom is -0.508 e. The Kier molecular flexibility index (Phi) is 8.56. The molecule has 9 heteroatoms. The number of Topliss-reactive ketones (excluding diaryl/α,β-unsaturated/α-hetero) is 1. The number of carbonyl (C=O) groups excluding carboxylic acids is 1. The van der Waals surface area contributed by atoms with Gasteiger partial charge in [-0.2, -0.15) is 13.2 Å². The molecule has 0 saturated carbocycles. The molecule has 0 radical (unpaired) electrons. The number of hydrazine groups is 1. The van der Waals surface area contributed by atoms with Crippen molar-refractivity contribution < 1.29 is 27.5 Å². The number of phenolic OH excluding ortho intramolecular Hbond substituents is 1. The molecule has 202 valence electrons.